The Morgan fingerprint density at radius 2 is 1.19 bits per heavy atom. The third kappa shape index (κ3) is 6.88. The number of carbonyl (C=O) groups excluding carboxylic acids is 1. The third-order valence-corrected chi connectivity index (χ3v) is 15.5. The molecule has 0 N–H and O–H groups in total. The Balaban J connectivity index is 0.00000456. The quantitative estimate of drug-likeness (QED) is 0.137. The van der Waals surface area contributed by atoms with Crippen molar-refractivity contribution in [2.75, 3.05) is 12.8 Å². The first kappa shape index (κ1) is 29.8. The molecule has 0 amide bonds. The van der Waals surface area contributed by atoms with E-state index in [1.165, 1.54) is 15.9 Å². The molecule has 0 saturated heterocycles. The molecule has 3 aromatic rings. The van der Waals surface area contributed by atoms with Crippen LogP contribution in [0, 0.1) is 0 Å². The van der Waals surface area contributed by atoms with Crippen molar-refractivity contribution in [1.82, 2.24) is 0 Å². The fraction of sp³-hybridized carbons (Fsp3) is 0.300. The summed E-state index contributed by atoms with van der Waals surface area (Å²) in [6.45, 7) is 13.3. The van der Waals surface area contributed by atoms with Crippen molar-refractivity contribution in [3.05, 3.63) is 103 Å². The molecule has 36 heavy (non-hydrogen) atoms. The van der Waals surface area contributed by atoms with E-state index in [0.717, 1.165) is 0 Å². The lowest BCUT2D eigenvalue weighted by Gasteiger charge is -2.38. The predicted octanol–water partition coefficient (Wildman–Crippen LogP) is 3.45. The van der Waals surface area contributed by atoms with Gasteiger partial charge in [0.2, 0.25) is 8.32 Å². The Bertz CT molecular complexity index is 1030. The van der Waals surface area contributed by atoms with E-state index in [1.807, 2.05) is 6.92 Å². The summed E-state index contributed by atoms with van der Waals surface area (Å²) in [4.78, 5) is 12.7. The van der Waals surface area contributed by atoms with Crippen LogP contribution in [0.25, 0.3) is 0 Å². The number of hydrogen-bond donors (Lipinski definition) is 0. The molecule has 0 aliphatic rings. The van der Waals surface area contributed by atoms with Gasteiger partial charge in [-0.25, -0.2) is 4.79 Å². The van der Waals surface area contributed by atoms with Gasteiger partial charge in [0.1, 0.15) is 35.1 Å². The molecule has 6 heteroatoms. The molecule has 0 saturated carbocycles. The zero-order valence-electron chi connectivity index (χ0n) is 22.2. The van der Waals surface area contributed by atoms with Crippen molar-refractivity contribution in [2.24, 2.45) is 0 Å². The molecule has 0 aliphatic heterocycles. The second-order valence-electron chi connectivity index (χ2n) is 10.2. The van der Waals surface area contributed by atoms with Crippen LogP contribution >= 0.6 is 7.26 Å². The average molecular weight is 541 g/mol. The summed E-state index contributed by atoms with van der Waals surface area (Å²) in [5.41, 5.74) is 0. The highest BCUT2D eigenvalue weighted by Crippen LogP contribution is 2.57. The zero-order valence-corrected chi connectivity index (χ0v) is 24.9. The highest BCUT2D eigenvalue weighted by atomic mass is 35.5. The Labute approximate surface area is 224 Å². The van der Waals surface area contributed by atoms with Gasteiger partial charge in [0.15, 0.2) is 0 Å². The van der Waals surface area contributed by atoms with Crippen LogP contribution in [-0.4, -0.2) is 27.1 Å². The molecule has 3 rings (SSSR count). The van der Waals surface area contributed by atoms with Crippen LogP contribution in [0.2, 0.25) is 18.1 Å². The molecule has 0 fully saturated rings. The van der Waals surface area contributed by atoms with Gasteiger partial charge in [-0.15, -0.1) is 0 Å². The Hall–Kier alpha value is -2.39. The smallest absolute Gasteiger partial charge is 0.334 e. The number of esters is 1. The van der Waals surface area contributed by atoms with Crippen LogP contribution in [0.15, 0.2) is 103 Å². The van der Waals surface area contributed by atoms with E-state index in [0.29, 0.717) is 18.5 Å². The molecule has 0 aliphatic carbocycles. The zero-order chi connectivity index (χ0) is 25.5. The van der Waals surface area contributed by atoms with Gasteiger partial charge < -0.3 is 21.6 Å². The summed E-state index contributed by atoms with van der Waals surface area (Å²) in [5.74, 6) is 0.355. The third-order valence-electron chi connectivity index (χ3n) is 6.74. The van der Waals surface area contributed by atoms with Crippen LogP contribution in [0.5, 0.6) is 0 Å². The molecular weight excluding hydrogens is 503 g/mol. The van der Waals surface area contributed by atoms with Gasteiger partial charge >= 0.3 is 5.97 Å². The highest BCUT2D eigenvalue weighted by Gasteiger charge is 2.48. The van der Waals surface area contributed by atoms with E-state index < -0.39 is 15.6 Å². The molecule has 3 aromatic carbocycles. The monoisotopic (exact) mass is 540 g/mol. The van der Waals surface area contributed by atoms with E-state index in [2.05, 4.69) is 125 Å². The van der Waals surface area contributed by atoms with Gasteiger partial charge in [-0.05, 0) is 61.5 Å². The van der Waals surface area contributed by atoms with E-state index in [9.17, 15) is 4.79 Å². The van der Waals surface area contributed by atoms with Gasteiger partial charge in [0.25, 0.3) is 0 Å². The minimum atomic E-state index is -2.22. The number of rotatable bonds is 9. The SMILES string of the molecule is CCOC(=O)/C=C(\C[P+](c1ccccc1)(c1ccccc1)c1ccccc1)O[Si](C)(C)C(C)(C)C.[Cl-]. The molecule has 0 heterocycles. The molecule has 192 valence electrons. The number of benzene rings is 3. The second kappa shape index (κ2) is 12.7. The number of allylic oxidation sites excluding steroid dienone is 1. The van der Waals surface area contributed by atoms with E-state index in [-0.39, 0.29) is 23.4 Å². The number of halogens is 1. The standard InChI is InChI=1S/C30H38O3PSi.ClH/c1-7-32-29(31)23-25(33-35(5,6)30(2,3)4)24-34(26-17-11-8-12-18-26,27-19-13-9-14-20-27)28-21-15-10-16-22-28;/h8-23H,7,24H2,1-6H3;1H/q+1;/p-1/b25-23+;. The largest absolute Gasteiger partial charge is 1.00 e. The van der Waals surface area contributed by atoms with Crippen molar-refractivity contribution in [1.29, 1.82) is 0 Å². The van der Waals surface area contributed by atoms with Gasteiger partial charge in [0.05, 0.1) is 12.7 Å². The minimum Gasteiger partial charge on any atom is -1.00 e. The fourth-order valence-electron chi connectivity index (χ4n) is 3.91. The Kier molecular flexibility index (Phi) is 10.5. The van der Waals surface area contributed by atoms with Crippen molar-refractivity contribution in [3.8, 4) is 0 Å². The maximum Gasteiger partial charge on any atom is 0.334 e. The lowest BCUT2D eigenvalue weighted by Crippen LogP contribution is -3.00. The topological polar surface area (TPSA) is 35.5 Å². The lowest BCUT2D eigenvalue weighted by molar-refractivity contribution is -0.137. The fourth-order valence-corrected chi connectivity index (χ4v) is 9.23. The summed E-state index contributed by atoms with van der Waals surface area (Å²) in [6, 6.07) is 32.0. The number of ether oxygens (including phenoxy) is 1. The van der Waals surface area contributed by atoms with Gasteiger partial charge in [-0.2, -0.15) is 0 Å². The molecule has 0 radical (unpaired) electrons. The van der Waals surface area contributed by atoms with Crippen molar-refractivity contribution in [3.63, 3.8) is 0 Å². The van der Waals surface area contributed by atoms with Crippen LogP contribution in [-0.2, 0) is 14.0 Å². The van der Waals surface area contributed by atoms with Crippen molar-refractivity contribution in [2.45, 2.75) is 45.8 Å². The summed E-state index contributed by atoms with van der Waals surface area (Å²) < 4.78 is 12.2. The van der Waals surface area contributed by atoms with Gasteiger partial charge in [-0.3, -0.25) is 0 Å². The molecule has 0 spiro atoms. The van der Waals surface area contributed by atoms with Crippen LogP contribution in [0.4, 0.5) is 0 Å². The predicted molar refractivity (Wildman–Crippen MR) is 153 cm³/mol. The number of hydrogen-bond acceptors (Lipinski definition) is 3. The van der Waals surface area contributed by atoms with E-state index in [4.69, 9.17) is 9.16 Å². The molecule has 0 bridgehead atoms. The molecule has 0 unspecified atom stereocenters. The van der Waals surface area contributed by atoms with Crippen molar-refractivity contribution >= 4 is 37.5 Å². The van der Waals surface area contributed by atoms with Gasteiger partial charge in [0, 0.05) is 0 Å². The van der Waals surface area contributed by atoms with Gasteiger partial charge in [-0.1, -0.05) is 75.4 Å². The maximum atomic E-state index is 12.7. The second-order valence-corrected chi connectivity index (χ2v) is 18.4. The van der Waals surface area contributed by atoms with Crippen LogP contribution in [0.3, 0.4) is 0 Å². The van der Waals surface area contributed by atoms with Crippen LogP contribution in [0.1, 0.15) is 27.7 Å². The highest BCUT2D eigenvalue weighted by molar-refractivity contribution is 7.95. The Morgan fingerprint density at radius 3 is 1.53 bits per heavy atom. The summed E-state index contributed by atoms with van der Waals surface area (Å²) in [7, 11) is -4.42. The van der Waals surface area contributed by atoms with E-state index >= 15 is 0 Å². The lowest BCUT2D eigenvalue weighted by atomic mass is 10.2. The van der Waals surface area contributed by atoms with Crippen molar-refractivity contribution < 1.29 is 26.4 Å². The summed E-state index contributed by atoms with van der Waals surface area (Å²) in [6.07, 6.45) is 2.20. The molecule has 0 aromatic heterocycles. The first-order chi connectivity index (χ1) is 16.6. The number of carbonyl (C=O) groups is 1. The normalized spacial score (nSPS) is 12.4. The molecular formula is C30H38ClO3PSi. The summed E-state index contributed by atoms with van der Waals surface area (Å²) >= 11 is 0. The minimum absolute atomic E-state index is 0. The first-order valence-electron chi connectivity index (χ1n) is 12.2. The Morgan fingerprint density at radius 1 is 0.806 bits per heavy atom. The maximum absolute atomic E-state index is 12.7. The summed E-state index contributed by atoms with van der Waals surface area (Å²) in [5, 5.41) is 3.76. The molecule has 3 nitrogen and oxygen atoms in total. The average Bonchev–Trinajstić information content (AvgIpc) is 2.83. The van der Waals surface area contributed by atoms with E-state index in [1.54, 1.807) is 6.08 Å². The molecule has 0 atom stereocenters. The first-order valence-corrected chi connectivity index (χ1v) is 17.1. The van der Waals surface area contributed by atoms with Crippen LogP contribution < -0.4 is 28.3 Å².